The molecule has 2 aromatic heterocycles. The molecular formula is C13H8Cl2N4O. The minimum atomic E-state index is 0.325. The largest absolute Gasteiger partial charge is 0.399 e. The zero-order valence-electron chi connectivity index (χ0n) is 10.0. The van der Waals surface area contributed by atoms with Crippen LogP contribution in [0.3, 0.4) is 0 Å². The number of nitrogens with two attached hydrogens (primary N) is 1. The molecule has 0 atom stereocenters. The molecule has 0 aliphatic carbocycles. The molecule has 5 nitrogen and oxygen atoms in total. The fourth-order valence-corrected chi connectivity index (χ4v) is 2.04. The Kier molecular flexibility index (Phi) is 3.30. The van der Waals surface area contributed by atoms with Gasteiger partial charge in [0.2, 0.25) is 5.82 Å². The molecule has 0 aliphatic heterocycles. The van der Waals surface area contributed by atoms with Crippen LogP contribution in [0.2, 0.25) is 10.0 Å². The number of aromatic nitrogens is 3. The summed E-state index contributed by atoms with van der Waals surface area (Å²) in [7, 11) is 0. The quantitative estimate of drug-likeness (QED) is 0.731. The predicted molar refractivity (Wildman–Crippen MR) is 77.4 cm³/mol. The van der Waals surface area contributed by atoms with Crippen molar-refractivity contribution in [2.24, 2.45) is 0 Å². The highest BCUT2D eigenvalue weighted by molar-refractivity contribution is 6.31. The van der Waals surface area contributed by atoms with Crippen LogP contribution in [0.5, 0.6) is 0 Å². The molecule has 0 radical (unpaired) electrons. The first-order valence-corrected chi connectivity index (χ1v) is 6.39. The van der Waals surface area contributed by atoms with E-state index in [1.165, 1.54) is 6.20 Å². The van der Waals surface area contributed by atoms with Crippen molar-refractivity contribution < 1.29 is 4.52 Å². The first kappa shape index (κ1) is 12.9. The third-order valence-electron chi connectivity index (χ3n) is 2.55. The molecule has 0 bridgehead atoms. The maximum Gasteiger partial charge on any atom is 0.258 e. The van der Waals surface area contributed by atoms with Crippen LogP contribution < -0.4 is 5.73 Å². The number of benzene rings is 1. The number of nitrogens with zero attached hydrogens (tertiary/aromatic N) is 3. The molecule has 2 heterocycles. The number of pyridine rings is 1. The molecule has 1 aromatic carbocycles. The smallest absolute Gasteiger partial charge is 0.258 e. The molecule has 0 saturated heterocycles. The second-order valence-corrected chi connectivity index (χ2v) is 4.93. The molecule has 0 unspecified atom stereocenters. The van der Waals surface area contributed by atoms with Crippen LogP contribution >= 0.6 is 23.2 Å². The maximum absolute atomic E-state index is 5.94. The van der Waals surface area contributed by atoms with Crippen molar-refractivity contribution in [1.29, 1.82) is 0 Å². The highest BCUT2D eigenvalue weighted by Gasteiger charge is 2.12. The summed E-state index contributed by atoms with van der Waals surface area (Å²) < 4.78 is 5.20. The highest BCUT2D eigenvalue weighted by Crippen LogP contribution is 2.26. The lowest BCUT2D eigenvalue weighted by molar-refractivity contribution is 0.432. The Hall–Kier alpha value is -2.11. The topological polar surface area (TPSA) is 77.8 Å². The Balaban J connectivity index is 1.99. The standard InChI is InChI=1S/C13H8Cl2N4O/c14-8-1-2-11(17-6-8)12-18-13(20-19-12)7-3-9(15)5-10(16)4-7/h1-6H,16H2. The van der Waals surface area contributed by atoms with Crippen molar-refractivity contribution in [3.8, 4) is 23.0 Å². The Bertz CT molecular complexity index is 735. The third-order valence-corrected chi connectivity index (χ3v) is 2.99. The van der Waals surface area contributed by atoms with Crippen LogP contribution in [0.15, 0.2) is 41.1 Å². The van der Waals surface area contributed by atoms with Crippen LogP contribution in [-0.2, 0) is 0 Å². The van der Waals surface area contributed by atoms with Crippen molar-refractivity contribution in [2.75, 3.05) is 5.73 Å². The number of rotatable bonds is 2. The lowest BCUT2D eigenvalue weighted by Crippen LogP contribution is -1.87. The minimum absolute atomic E-state index is 0.325. The average Bonchev–Trinajstić information content (AvgIpc) is 2.88. The van der Waals surface area contributed by atoms with Gasteiger partial charge in [-0.25, -0.2) is 0 Å². The summed E-state index contributed by atoms with van der Waals surface area (Å²) in [6.07, 6.45) is 1.52. The van der Waals surface area contributed by atoms with Crippen molar-refractivity contribution in [3.63, 3.8) is 0 Å². The van der Waals surface area contributed by atoms with Gasteiger partial charge in [0.25, 0.3) is 5.89 Å². The fraction of sp³-hybridized carbons (Fsp3) is 0. The van der Waals surface area contributed by atoms with E-state index in [-0.39, 0.29) is 0 Å². The number of halogens is 2. The number of hydrogen-bond donors (Lipinski definition) is 1. The lowest BCUT2D eigenvalue weighted by atomic mass is 10.2. The van der Waals surface area contributed by atoms with Gasteiger partial charge in [-0.05, 0) is 30.3 Å². The summed E-state index contributed by atoms with van der Waals surface area (Å²) in [4.78, 5) is 8.39. The third kappa shape index (κ3) is 2.59. The molecule has 20 heavy (non-hydrogen) atoms. The summed E-state index contributed by atoms with van der Waals surface area (Å²) in [6, 6.07) is 8.46. The highest BCUT2D eigenvalue weighted by atomic mass is 35.5. The summed E-state index contributed by atoms with van der Waals surface area (Å²) in [5.41, 5.74) is 7.48. The SMILES string of the molecule is Nc1cc(Cl)cc(-c2nc(-c3ccc(Cl)cn3)no2)c1. The monoisotopic (exact) mass is 306 g/mol. The van der Waals surface area contributed by atoms with Gasteiger partial charge >= 0.3 is 0 Å². The Morgan fingerprint density at radius 2 is 1.90 bits per heavy atom. The number of anilines is 1. The van der Waals surface area contributed by atoms with Gasteiger partial charge in [0.1, 0.15) is 5.69 Å². The zero-order valence-corrected chi connectivity index (χ0v) is 11.6. The molecule has 0 spiro atoms. The van der Waals surface area contributed by atoms with Gasteiger partial charge in [0, 0.05) is 22.5 Å². The Morgan fingerprint density at radius 1 is 1.05 bits per heavy atom. The first-order chi connectivity index (χ1) is 9.61. The van der Waals surface area contributed by atoms with Gasteiger partial charge < -0.3 is 10.3 Å². The van der Waals surface area contributed by atoms with Gasteiger partial charge in [-0.2, -0.15) is 4.98 Å². The van der Waals surface area contributed by atoms with E-state index < -0.39 is 0 Å². The van der Waals surface area contributed by atoms with E-state index in [4.69, 9.17) is 33.5 Å². The lowest BCUT2D eigenvalue weighted by Gasteiger charge is -1.98. The van der Waals surface area contributed by atoms with E-state index in [0.717, 1.165) is 0 Å². The van der Waals surface area contributed by atoms with E-state index in [1.807, 2.05) is 0 Å². The summed E-state index contributed by atoms with van der Waals surface area (Å²) in [6.45, 7) is 0. The number of nitrogen functional groups attached to an aromatic ring is 1. The molecule has 0 aliphatic rings. The zero-order chi connectivity index (χ0) is 14.1. The van der Waals surface area contributed by atoms with E-state index >= 15 is 0 Å². The molecule has 7 heteroatoms. The van der Waals surface area contributed by atoms with Crippen LogP contribution in [-0.4, -0.2) is 15.1 Å². The van der Waals surface area contributed by atoms with E-state index in [0.29, 0.717) is 38.7 Å². The van der Waals surface area contributed by atoms with Gasteiger partial charge in [-0.1, -0.05) is 28.4 Å². The average molecular weight is 307 g/mol. The summed E-state index contributed by atoms with van der Waals surface area (Å²) in [5.74, 6) is 0.696. The van der Waals surface area contributed by atoms with E-state index in [9.17, 15) is 0 Å². The van der Waals surface area contributed by atoms with Gasteiger partial charge in [0.15, 0.2) is 0 Å². The van der Waals surface area contributed by atoms with Gasteiger partial charge in [-0.3, -0.25) is 4.98 Å². The van der Waals surface area contributed by atoms with E-state index in [2.05, 4.69) is 15.1 Å². The predicted octanol–water partition coefficient (Wildman–Crippen LogP) is 3.69. The van der Waals surface area contributed by atoms with Crippen molar-refractivity contribution in [3.05, 3.63) is 46.6 Å². The molecular weight excluding hydrogens is 299 g/mol. The maximum atomic E-state index is 5.94. The summed E-state index contributed by atoms with van der Waals surface area (Å²) >= 11 is 11.7. The number of hydrogen-bond acceptors (Lipinski definition) is 5. The van der Waals surface area contributed by atoms with Crippen molar-refractivity contribution >= 4 is 28.9 Å². The molecule has 0 fully saturated rings. The Morgan fingerprint density at radius 3 is 2.60 bits per heavy atom. The molecule has 3 rings (SSSR count). The van der Waals surface area contributed by atoms with Crippen LogP contribution in [0.1, 0.15) is 0 Å². The summed E-state index contributed by atoms with van der Waals surface area (Å²) in [5, 5.41) is 4.92. The van der Waals surface area contributed by atoms with Gasteiger partial charge in [-0.15, -0.1) is 0 Å². The second kappa shape index (κ2) is 5.11. The fourth-order valence-electron chi connectivity index (χ4n) is 1.69. The normalized spacial score (nSPS) is 10.7. The van der Waals surface area contributed by atoms with Crippen LogP contribution in [0.25, 0.3) is 23.0 Å². The molecule has 0 amide bonds. The minimum Gasteiger partial charge on any atom is -0.399 e. The second-order valence-electron chi connectivity index (χ2n) is 4.06. The molecule has 0 saturated carbocycles. The van der Waals surface area contributed by atoms with Crippen LogP contribution in [0.4, 0.5) is 5.69 Å². The molecule has 2 N–H and O–H groups in total. The molecule has 3 aromatic rings. The van der Waals surface area contributed by atoms with Crippen molar-refractivity contribution in [2.45, 2.75) is 0 Å². The Labute approximate surface area is 124 Å². The molecule has 100 valence electrons. The van der Waals surface area contributed by atoms with Crippen LogP contribution in [0, 0.1) is 0 Å². The van der Waals surface area contributed by atoms with Gasteiger partial charge in [0.05, 0.1) is 5.02 Å². The first-order valence-electron chi connectivity index (χ1n) is 5.64. The van der Waals surface area contributed by atoms with Crippen molar-refractivity contribution in [1.82, 2.24) is 15.1 Å². The van der Waals surface area contributed by atoms with E-state index in [1.54, 1.807) is 30.3 Å².